The molecule has 1 aromatic heterocycles. The molecule has 0 spiro atoms. The molecule has 0 aromatic carbocycles. The minimum atomic E-state index is 0.609. The van der Waals surface area contributed by atoms with Gasteiger partial charge in [-0.15, -0.1) is 0 Å². The van der Waals surface area contributed by atoms with Gasteiger partial charge in [0.15, 0.2) is 0 Å². The Bertz CT molecular complexity index is 468. The molecule has 5 nitrogen and oxygen atoms in total. The van der Waals surface area contributed by atoms with Crippen molar-refractivity contribution < 1.29 is 9.53 Å². The van der Waals surface area contributed by atoms with E-state index < -0.39 is 0 Å². The third kappa shape index (κ3) is 4.66. The van der Waals surface area contributed by atoms with Crippen molar-refractivity contribution in [1.82, 2.24) is 4.98 Å². The van der Waals surface area contributed by atoms with E-state index in [-0.39, 0.29) is 0 Å². The molecule has 1 aromatic rings. The predicted molar refractivity (Wildman–Crippen MR) is 83.0 cm³/mol. The van der Waals surface area contributed by atoms with Gasteiger partial charge in [-0.1, -0.05) is 11.6 Å². The van der Waals surface area contributed by atoms with E-state index >= 15 is 0 Å². The van der Waals surface area contributed by atoms with Crippen LogP contribution in [0.2, 0.25) is 0 Å². The topological polar surface area (TPSA) is 54.5 Å². The Morgan fingerprint density at radius 1 is 1.50 bits per heavy atom. The van der Waals surface area contributed by atoms with Crippen LogP contribution in [0.5, 0.6) is 0 Å². The fraction of sp³-hybridized carbons (Fsp3) is 0.467. The fourth-order valence-electron chi connectivity index (χ4n) is 1.81. The van der Waals surface area contributed by atoms with Crippen molar-refractivity contribution in [2.24, 2.45) is 0 Å². The number of hydrogen-bond donors (Lipinski definition) is 1. The summed E-state index contributed by atoms with van der Waals surface area (Å²) in [5, 5.41) is 3.17. The van der Waals surface area contributed by atoms with Crippen molar-refractivity contribution in [2.75, 3.05) is 37.0 Å². The van der Waals surface area contributed by atoms with Crippen LogP contribution in [0.3, 0.4) is 0 Å². The lowest BCUT2D eigenvalue weighted by Crippen LogP contribution is -2.21. The van der Waals surface area contributed by atoms with Crippen molar-refractivity contribution in [3.63, 3.8) is 0 Å². The number of ether oxygens (including phenoxy) is 1. The molecule has 1 N–H and O–H groups in total. The number of aromatic nitrogens is 1. The number of hydrogen-bond acceptors (Lipinski definition) is 4. The molecule has 0 fully saturated rings. The molecule has 5 heteroatoms. The molecule has 0 aliphatic rings. The second-order valence-electron chi connectivity index (χ2n) is 4.66. The first-order valence-corrected chi connectivity index (χ1v) is 6.72. The normalized spacial score (nSPS) is 10.0. The highest BCUT2D eigenvalue weighted by atomic mass is 16.5. The monoisotopic (exact) mass is 277 g/mol. The third-order valence-corrected chi connectivity index (χ3v) is 2.75. The zero-order valence-electron chi connectivity index (χ0n) is 12.6. The second kappa shape index (κ2) is 8.32. The molecule has 0 radical (unpaired) electrons. The van der Waals surface area contributed by atoms with Gasteiger partial charge in [0.05, 0.1) is 12.3 Å². The summed E-state index contributed by atoms with van der Waals surface area (Å²) >= 11 is 0. The van der Waals surface area contributed by atoms with Crippen molar-refractivity contribution in [3.05, 3.63) is 23.4 Å². The molecule has 1 amide bonds. The summed E-state index contributed by atoms with van der Waals surface area (Å²) in [6.07, 6.45) is 4.65. The van der Waals surface area contributed by atoms with Crippen LogP contribution in [-0.2, 0) is 9.53 Å². The number of pyridine rings is 1. The summed E-state index contributed by atoms with van der Waals surface area (Å²) in [5.41, 5.74) is 2.96. The lowest BCUT2D eigenvalue weighted by atomic mass is 10.1. The smallest absolute Gasteiger partial charge is 0.214 e. The molecule has 110 valence electrons. The average molecular weight is 277 g/mol. The Labute approximate surface area is 120 Å². The molecule has 1 heterocycles. The molecule has 20 heavy (non-hydrogen) atoms. The van der Waals surface area contributed by atoms with Gasteiger partial charge in [0, 0.05) is 38.0 Å². The Morgan fingerprint density at radius 2 is 2.25 bits per heavy atom. The quantitative estimate of drug-likeness (QED) is 0.586. The summed E-state index contributed by atoms with van der Waals surface area (Å²) in [4.78, 5) is 17.2. The van der Waals surface area contributed by atoms with Crippen LogP contribution in [0.15, 0.2) is 17.8 Å². The minimum Gasteiger partial charge on any atom is -0.383 e. The predicted octanol–water partition coefficient (Wildman–Crippen LogP) is 2.55. The van der Waals surface area contributed by atoms with Crippen molar-refractivity contribution in [3.8, 4) is 0 Å². The highest BCUT2D eigenvalue weighted by Gasteiger charge is 2.09. The van der Waals surface area contributed by atoms with Crippen LogP contribution in [0.25, 0.3) is 6.08 Å². The first-order chi connectivity index (χ1) is 9.62. The summed E-state index contributed by atoms with van der Waals surface area (Å²) in [6, 6.07) is 1.89. The lowest BCUT2D eigenvalue weighted by Gasteiger charge is -2.19. The van der Waals surface area contributed by atoms with Gasteiger partial charge in [0.2, 0.25) is 6.41 Å². The highest BCUT2D eigenvalue weighted by molar-refractivity contribution is 5.82. The van der Waals surface area contributed by atoms with Crippen molar-refractivity contribution >= 4 is 24.0 Å². The summed E-state index contributed by atoms with van der Waals surface area (Å²) in [6.45, 7) is 7.89. The number of carbonyl (C=O) groups is 1. The molecule has 0 saturated heterocycles. The largest absolute Gasteiger partial charge is 0.383 e. The van der Waals surface area contributed by atoms with Crippen molar-refractivity contribution in [1.29, 1.82) is 0 Å². The standard InChI is InChI=1S/C15H23N3O2/c1-5-18(11-19)14-9-15(16-6-7-20-4)17-10-13(14)8-12(2)3/h8-11H,5-7H2,1-4H3,(H,16,17). The molecule has 0 bridgehead atoms. The zero-order chi connectivity index (χ0) is 15.0. The van der Waals surface area contributed by atoms with Crippen molar-refractivity contribution in [2.45, 2.75) is 20.8 Å². The Balaban J connectivity index is 3.07. The summed E-state index contributed by atoms with van der Waals surface area (Å²) < 4.78 is 4.99. The lowest BCUT2D eigenvalue weighted by molar-refractivity contribution is -0.107. The summed E-state index contributed by atoms with van der Waals surface area (Å²) in [5.74, 6) is 0.739. The van der Waals surface area contributed by atoms with Gasteiger partial charge >= 0.3 is 0 Å². The van der Waals surface area contributed by atoms with Crippen LogP contribution < -0.4 is 10.2 Å². The number of allylic oxidation sites excluding steroid dienone is 1. The Morgan fingerprint density at radius 3 is 2.80 bits per heavy atom. The van der Waals surface area contributed by atoms with E-state index in [1.54, 1.807) is 18.2 Å². The van der Waals surface area contributed by atoms with E-state index in [0.717, 1.165) is 29.1 Å². The Hall–Kier alpha value is -1.88. The van der Waals surface area contributed by atoms with Gasteiger partial charge in [-0.25, -0.2) is 4.98 Å². The van der Waals surface area contributed by atoms with Crippen LogP contribution in [0, 0.1) is 0 Å². The van der Waals surface area contributed by atoms with E-state index in [1.807, 2.05) is 32.9 Å². The molecule has 0 atom stereocenters. The first-order valence-electron chi connectivity index (χ1n) is 6.72. The average Bonchev–Trinajstić information content (AvgIpc) is 2.42. The summed E-state index contributed by atoms with van der Waals surface area (Å²) in [7, 11) is 1.66. The number of rotatable bonds is 8. The van der Waals surface area contributed by atoms with E-state index in [4.69, 9.17) is 4.74 Å². The van der Waals surface area contributed by atoms with Gasteiger partial charge in [0.1, 0.15) is 5.82 Å². The number of nitrogens with one attached hydrogen (secondary N) is 1. The van der Waals surface area contributed by atoms with Crippen LogP contribution >= 0.6 is 0 Å². The van der Waals surface area contributed by atoms with Crippen LogP contribution in [-0.4, -0.2) is 38.2 Å². The first kappa shape index (κ1) is 16.2. The Kier molecular flexibility index (Phi) is 6.73. The number of nitrogens with zero attached hydrogens (tertiary/aromatic N) is 2. The second-order valence-corrected chi connectivity index (χ2v) is 4.66. The van der Waals surface area contributed by atoms with Crippen LogP contribution in [0.1, 0.15) is 26.3 Å². The van der Waals surface area contributed by atoms with Gasteiger partial charge in [-0.3, -0.25) is 4.79 Å². The van der Waals surface area contributed by atoms with Crippen LogP contribution in [0.4, 0.5) is 11.5 Å². The van der Waals surface area contributed by atoms with E-state index in [9.17, 15) is 4.79 Å². The van der Waals surface area contributed by atoms with E-state index in [0.29, 0.717) is 19.7 Å². The van der Waals surface area contributed by atoms with Gasteiger partial charge in [-0.2, -0.15) is 0 Å². The zero-order valence-corrected chi connectivity index (χ0v) is 12.6. The fourth-order valence-corrected chi connectivity index (χ4v) is 1.81. The third-order valence-electron chi connectivity index (χ3n) is 2.75. The number of amides is 1. The van der Waals surface area contributed by atoms with Gasteiger partial charge in [0.25, 0.3) is 0 Å². The maximum atomic E-state index is 11.2. The van der Waals surface area contributed by atoms with Gasteiger partial charge in [-0.05, 0) is 20.8 Å². The number of carbonyl (C=O) groups excluding carboxylic acids is 1. The molecular weight excluding hydrogens is 254 g/mol. The molecule has 0 aliphatic heterocycles. The van der Waals surface area contributed by atoms with E-state index in [2.05, 4.69) is 10.3 Å². The SMILES string of the molecule is CCN(C=O)c1cc(NCCOC)ncc1C=C(C)C. The molecule has 0 aliphatic carbocycles. The molecule has 1 rings (SSSR count). The number of anilines is 2. The highest BCUT2D eigenvalue weighted by Crippen LogP contribution is 2.24. The number of methoxy groups -OCH3 is 1. The van der Waals surface area contributed by atoms with Gasteiger partial charge < -0.3 is 15.0 Å². The minimum absolute atomic E-state index is 0.609. The molecule has 0 unspecified atom stereocenters. The maximum Gasteiger partial charge on any atom is 0.214 e. The molecule has 0 saturated carbocycles. The maximum absolute atomic E-state index is 11.2. The molecular formula is C15H23N3O2. The van der Waals surface area contributed by atoms with E-state index in [1.165, 1.54) is 0 Å².